The van der Waals surface area contributed by atoms with E-state index in [0.29, 0.717) is 10.7 Å². The van der Waals surface area contributed by atoms with Gasteiger partial charge in [-0.3, -0.25) is 0 Å². The molecule has 1 heterocycles. The molecule has 3 nitrogen and oxygen atoms in total. The van der Waals surface area contributed by atoms with E-state index in [4.69, 9.17) is 11.6 Å². The Balaban J connectivity index is 2.91. The maximum atomic E-state index is 10.7. The van der Waals surface area contributed by atoms with Gasteiger partial charge in [0.05, 0.1) is 7.11 Å². The van der Waals surface area contributed by atoms with Gasteiger partial charge < -0.3 is 4.74 Å². The maximum absolute atomic E-state index is 10.7. The van der Waals surface area contributed by atoms with Crippen molar-refractivity contribution < 1.29 is 9.53 Å². The van der Waals surface area contributed by atoms with Gasteiger partial charge in [0.15, 0.2) is 0 Å². The first-order chi connectivity index (χ1) is 6.63. The summed E-state index contributed by atoms with van der Waals surface area (Å²) in [5.41, 5.74) is 1.46. The van der Waals surface area contributed by atoms with Gasteiger partial charge in [-0.1, -0.05) is 17.5 Å². The number of hydrogen-bond acceptors (Lipinski definition) is 3. The van der Waals surface area contributed by atoms with Gasteiger partial charge in [-0.25, -0.2) is 9.78 Å². The van der Waals surface area contributed by atoms with Gasteiger partial charge in [0.1, 0.15) is 5.15 Å². The molecule has 14 heavy (non-hydrogen) atoms. The average Bonchev–Trinajstić information content (AvgIpc) is 2.19. The number of methoxy groups -OCH3 is 1. The number of carbonyl (C=O) groups excluding carboxylic acids is 1. The first-order valence-corrected chi connectivity index (χ1v) is 4.23. The largest absolute Gasteiger partial charge is 0.459 e. The minimum Gasteiger partial charge on any atom is -0.459 e. The molecule has 0 amide bonds. The molecular formula is C10H8ClNO2. The fraction of sp³-hybridized carbons (Fsp3) is 0.200. The van der Waals surface area contributed by atoms with Crippen LogP contribution < -0.4 is 0 Å². The molecule has 1 aromatic rings. The van der Waals surface area contributed by atoms with Crippen LogP contribution >= 0.6 is 11.6 Å². The molecular weight excluding hydrogens is 202 g/mol. The van der Waals surface area contributed by atoms with Crippen molar-refractivity contribution in [2.45, 2.75) is 6.92 Å². The van der Waals surface area contributed by atoms with Crippen LogP contribution in [0.25, 0.3) is 0 Å². The molecule has 0 bridgehead atoms. The number of esters is 1. The Morgan fingerprint density at radius 1 is 1.64 bits per heavy atom. The zero-order chi connectivity index (χ0) is 10.6. The van der Waals surface area contributed by atoms with Crippen molar-refractivity contribution in [2.75, 3.05) is 7.11 Å². The summed E-state index contributed by atoms with van der Waals surface area (Å²) >= 11 is 5.72. The van der Waals surface area contributed by atoms with Crippen LogP contribution in [0.1, 0.15) is 11.1 Å². The summed E-state index contributed by atoms with van der Waals surface area (Å²) in [6, 6.07) is 1.76. The lowest BCUT2D eigenvalue weighted by Gasteiger charge is -1.95. The van der Waals surface area contributed by atoms with Crippen molar-refractivity contribution in [1.82, 2.24) is 4.98 Å². The van der Waals surface area contributed by atoms with Gasteiger partial charge in [-0.05, 0) is 18.6 Å². The predicted octanol–water partition coefficient (Wildman–Crippen LogP) is 1.57. The Bertz CT molecular complexity index is 418. The predicted molar refractivity (Wildman–Crippen MR) is 52.9 cm³/mol. The highest BCUT2D eigenvalue weighted by Gasteiger charge is 1.96. The molecule has 1 aromatic heterocycles. The van der Waals surface area contributed by atoms with Crippen LogP contribution in [0.15, 0.2) is 12.3 Å². The SMILES string of the molecule is COC(=O)C#Cc1cnc(Cl)c(C)c1. The minimum absolute atomic E-state index is 0.439. The molecule has 0 saturated heterocycles. The van der Waals surface area contributed by atoms with Crippen molar-refractivity contribution in [2.24, 2.45) is 0 Å². The summed E-state index contributed by atoms with van der Waals surface area (Å²) in [6.07, 6.45) is 1.51. The van der Waals surface area contributed by atoms with Gasteiger partial charge in [0.25, 0.3) is 0 Å². The molecule has 1 rings (SSSR count). The van der Waals surface area contributed by atoms with Crippen molar-refractivity contribution in [3.63, 3.8) is 0 Å². The summed E-state index contributed by atoms with van der Waals surface area (Å²) < 4.78 is 4.37. The monoisotopic (exact) mass is 209 g/mol. The normalized spacial score (nSPS) is 8.79. The number of rotatable bonds is 0. The third-order valence-electron chi connectivity index (χ3n) is 1.51. The molecule has 0 fully saturated rings. The Labute approximate surface area is 87.1 Å². The van der Waals surface area contributed by atoms with E-state index in [1.54, 1.807) is 6.07 Å². The molecule has 0 N–H and O–H groups in total. The average molecular weight is 210 g/mol. The molecule has 0 atom stereocenters. The summed E-state index contributed by atoms with van der Waals surface area (Å²) in [7, 11) is 1.28. The molecule has 0 aliphatic heterocycles. The maximum Gasteiger partial charge on any atom is 0.384 e. The smallest absolute Gasteiger partial charge is 0.384 e. The molecule has 0 aliphatic rings. The fourth-order valence-electron chi connectivity index (χ4n) is 0.801. The van der Waals surface area contributed by atoms with Gasteiger partial charge in [0, 0.05) is 17.7 Å². The quantitative estimate of drug-likeness (QED) is 0.370. The van der Waals surface area contributed by atoms with Crippen LogP contribution in [0.2, 0.25) is 5.15 Å². The van der Waals surface area contributed by atoms with E-state index in [1.165, 1.54) is 13.3 Å². The molecule has 72 valence electrons. The second-order valence-electron chi connectivity index (χ2n) is 2.57. The van der Waals surface area contributed by atoms with Crippen LogP contribution in [-0.2, 0) is 9.53 Å². The fourth-order valence-corrected chi connectivity index (χ4v) is 0.904. The second kappa shape index (κ2) is 4.64. The molecule has 4 heteroatoms. The van der Waals surface area contributed by atoms with Gasteiger partial charge in [0.2, 0.25) is 0 Å². The third kappa shape index (κ3) is 2.75. The van der Waals surface area contributed by atoms with E-state index in [9.17, 15) is 4.79 Å². The molecule has 0 unspecified atom stereocenters. The lowest BCUT2D eigenvalue weighted by Crippen LogP contribution is -1.94. The van der Waals surface area contributed by atoms with Crippen LogP contribution in [0.3, 0.4) is 0 Å². The van der Waals surface area contributed by atoms with Gasteiger partial charge >= 0.3 is 5.97 Å². The number of halogens is 1. The van der Waals surface area contributed by atoms with Crippen LogP contribution in [0, 0.1) is 18.8 Å². The Morgan fingerprint density at radius 2 is 2.36 bits per heavy atom. The molecule has 0 aromatic carbocycles. The summed E-state index contributed by atoms with van der Waals surface area (Å²) in [6.45, 7) is 1.82. The number of aryl methyl sites for hydroxylation is 1. The summed E-state index contributed by atoms with van der Waals surface area (Å²) in [4.78, 5) is 14.6. The number of aromatic nitrogens is 1. The molecule has 0 radical (unpaired) electrons. The first-order valence-electron chi connectivity index (χ1n) is 3.85. The van der Waals surface area contributed by atoms with Crippen LogP contribution in [-0.4, -0.2) is 18.1 Å². The highest BCUT2D eigenvalue weighted by Crippen LogP contribution is 2.11. The summed E-state index contributed by atoms with van der Waals surface area (Å²) in [5.74, 6) is 4.35. The highest BCUT2D eigenvalue weighted by molar-refractivity contribution is 6.30. The van der Waals surface area contributed by atoms with Crippen LogP contribution in [0.5, 0.6) is 0 Å². The second-order valence-corrected chi connectivity index (χ2v) is 2.93. The zero-order valence-corrected chi connectivity index (χ0v) is 8.55. The topological polar surface area (TPSA) is 39.2 Å². The number of pyridine rings is 1. The lowest BCUT2D eigenvalue weighted by molar-refractivity contribution is -0.133. The number of ether oxygens (including phenoxy) is 1. The Hall–Kier alpha value is -1.53. The van der Waals surface area contributed by atoms with Crippen LogP contribution in [0.4, 0.5) is 0 Å². The Kier molecular flexibility index (Phi) is 3.49. The zero-order valence-electron chi connectivity index (χ0n) is 7.80. The van der Waals surface area contributed by atoms with E-state index >= 15 is 0 Å². The van der Waals surface area contributed by atoms with Gasteiger partial charge in [-0.2, -0.15) is 0 Å². The highest BCUT2D eigenvalue weighted by atomic mass is 35.5. The number of nitrogens with zero attached hydrogens (tertiary/aromatic N) is 1. The van der Waals surface area contributed by atoms with Crippen molar-refractivity contribution in [3.05, 3.63) is 28.5 Å². The van der Waals surface area contributed by atoms with E-state index in [1.807, 2.05) is 6.92 Å². The number of hydrogen-bond donors (Lipinski definition) is 0. The first kappa shape index (κ1) is 10.6. The molecule has 0 aliphatic carbocycles. The van der Waals surface area contributed by atoms with E-state index in [2.05, 4.69) is 21.6 Å². The van der Waals surface area contributed by atoms with E-state index < -0.39 is 5.97 Å². The van der Waals surface area contributed by atoms with Crippen molar-refractivity contribution >= 4 is 17.6 Å². The van der Waals surface area contributed by atoms with Crippen molar-refractivity contribution in [1.29, 1.82) is 0 Å². The standard InChI is InChI=1S/C10H8ClNO2/c1-7-5-8(6-12-10(7)11)3-4-9(13)14-2/h5-6H,1-2H3. The van der Waals surface area contributed by atoms with Gasteiger partial charge in [-0.15, -0.1) is 0 Å². The van der Waals surface area contributed by atoms with E-state index in [0.717, 1.165) is 5.56 Å². The number of carbonyl (C=O) groups is 1. The molecule has 0 saturated carbocycles. The molecule has 0 spiro atoms. The van der Waals surface area contributed by atoms with E-state index in [-0.39, 0.29) is 0 Å². The summed E-state index contributed by atoms with van der Waals surface area (Å²) in [5, 5.41) is 0.439. The lowest BCUT2D eigenvalue weighted by atomic mass is 10.2. The minimum atomic E-state index is -0.572. The third-order valence-corrected chi connectivity index (χ3v) is 1.90. The Morgan fingerprint density at radius 3 is 2.93 bits per heavy atom. The van der Waals surface area contributed by atoms with Crippen molar-refractivity contribution in [3.8, 4) is 11.8 Å².